The second kappa shape index (κ2) is 6.84. The molecule has 120 valence electrons. The zero-order chi connectivity index (χ0) is 16.3. The molecule has 1 unspecified atom stereocenters. The highest BCUT2D eigenvalue weighted by molar-refractivity contribution is 7.90. The highest BCUT2D eigenvalue weighted by atomic mass is 32.2. The van der Waals surface area contributed by atoms with Gasteiger partial charge in [-0.25, -0.2) is 25.9 Å². The van der Waals surface area contributed by atoms with Crippen LogP contribution < -0.4 is 10.5 Å². The van der Waals surface area contributed by atoms with E-state index in [1.807, 2.05) is 0 Å². The second-order valence-electron chi connectivity index (χ2n) is 4.85. The van der Waals surface area contributed by atoms with Gasteiger partial charge in [0.2, 0.25) is 20.0 Å². The summed E-state index contributed by atoms with van der Waals surface area (Å²) in [4.78, 5) is 0.0779. The van der Waals surface area contributed by atoms with Crippen molar-refractivity contribution in [1.82, 2.24) is 9.03 Å². The lowest BCUT2D eigenvalue weighted by molar-refractivity contribution is 0.519. The molecule has 21 heavy (non-hydrogen) atoms. The van der Waals surface area contributed by atoms with Crippen LogP contribution in [-0.4, -0.2) is 47.5 Å². The van der Waals surface area contributed by atoms with Crippen molar-refractivity contribution in [1.29, 1.82) is 0 Å². The standard InChI is InChI=1S/C12H21N3O4S2/c1-10(13)11-4-6-12(7-5-11)21(18,19)14-8-9-20(16,17)15(2)3/h4-7,10,14H,8-9,13H2,1-3H3. The van der Waals surface area contributed by atoms with E-state index >= 15 is 0 Å². The summed E-state index contributed by atoms with van der Waals surface area (Å²) < 4.78 is 50.5. The van der Waals surface area contributed by atoms with Gasteiger partial charge in [-0.15, -0.1) is 0 Å². The fourth-order valence-electron chi connectivity index (χ4n) is 1.52. The summed E-state index contributed by atoms with van der Waals surface area (Å²) in [5.74, 6) is -0.294. The van der Waals surface area contributed by atoms with Crippen molar-refractivity contribution >= 4 is 20.0 Å². The number of benzene rings is 1. The zero-order valence-electron chi connectivity index (χ0n) is 12.3. The minimum absolute atomic E-state index is 0.0779. The van der Waals surface area contributed by atoms with E-state index in [0.29, 0.717) is 0 Å². The van der Waals surface area contributed by atoms with E-state index in [1.165, 1.54) is 26.2 Å². The predicted octanol–water partition coefficient (Wildman–Crippen LogP) is -0.124. The molecular formula is C12H21N3O4S2. The molecule has 0 radical (unpaired) electrons. The Labute approximate surface area is 126 Å². The highest BCUT2D eigenvalue weighted by Crippen LogP contribution is 2.14. The summed E-state index contributed by atoms with van der Waals surface area (Å²) in [6, 6.07) is 5.98. The Bertz CT molecular complexity index is 665. The summed E-state index contributed by atoms with van der Waals surface area (Å²) in [6.07, 6.45) is 0. The molecule has 0 amide bonds. The monoisotopic (exact) mass is 335 g/mol. The Hall–Kier alpha value is -1.00. The second-order valence-corrected chi connectivity index (χ2v) is 8.92. The number of sulfonamides is 2. The predicted molar refractivity (Wildman–Crippen MR) is 81.7 cm³/mol. The first-order chi connectivity index (χ1) is 9.56. The minimum atomic E-state index is -3.72. The first-order valence-corrected chi connectivity index (χ1v) is 9.41. The largest absolute Gasteiger partial charge is 0.324 e. The van der Waals surface area contributed by atoms with E-state index in [2.05, 4.69) is 4.72 Å². The molecule has 0 aromatic heterocycles. The van der Waals surface area contributed by atoms with E-state index < -0.39 is 20.0 Å². The molecule has 0 bridgehead atoms. The lowest BCUT2D eigenvalue weighted by atomic mass is 10.1. The van der Waals surface area contributed by atoms with Crippen LogP contribution in [0.25, 0.3) is 0 Å². The maximum absolute atomic E-state index is 12.0. The van der Waals surface area contributed by atoms with Gasteiger partial charge < -0.3 is 5.73 Å². The summed E-state index contributed by atoms with van der Waals surface area (Å²) in [5.41, 5.74) is 6.52. The van der Waals surface area contributed by atoms with Crippen LogP contribution in [0.1, 0.15) is 18.5 Å². The fourth-order valence-corrected chi connectivity index (χ4v) is 3.41. The van der Waals surface area contributed by atoms with E-state index in [9.17, 15) is 16.8 Å². The topological polar surface area (TPSA) is 110 Å². The van der Waals surface area contributed by atoms with E-state index in [1.54, 1.807) is 19.1 Å². The molecule has 9 heteroatoms. The molecule has 1 rings (SSSR count). The van der Waals surface area contributed by atoms with Crippen LogP contribution in [0.3, 0.4) is 0 Å². The van der Waals surface area contributed by atoms with E-state index in [4.69, 9.17) is 5.73 Å². The molecule has 0 spiro atoms. The van der Waals surface area contributed by atoms with Gasteiger partial charge in [0.25, 0.3) is 0 Å². The number of nitrogens with two attached hydrogens (primary N) is 1. The van der Waals surface area contributed by atoms with Crippen LogP contribution in [-0.2, 0) is 20.0 Å². The van der Waals surface area contributed by atoms with Crippen LogP contribution in [0.4, 0.5) is 0 Å². The summed E-state index contributed by atoms with van der Waals surface area (Å²) in [7, 11) is -4.36. The number of nitrogens with zero attached hydrogens (tertiary/aromatic N) is 1. The molecule has 0 fully saturated rings. The Balaban J connectivity index is 2.74. The maximum atomic E-state index is 12.0. The van der Waals surface area contributed by atoms with Gasteiger partial charge in [0.15, 0.2) is 0 Å². The van der Waals surface area contributed by atoms with Crippen molar-refractivity contribution in [2.75, 3.05) is 26.4 Å². The van der Waals surface area contributed by atoms with Crippen LogP contribution in [0, 0.1) is 0 Å². The third-order valence-corrected chi connectivity index (χ3v) is 6.23. The van der Waals surface area contributed by atoms with Gasteiger partial charge in [-0.3, -0.25) is 0 Å². The van der Waals surface area contributed by atoms with Gasteiger partial charge in [0, 0.05) is 26.7 Å². The summed E-state index contributed by atoms with van der Waals surface area (Å²) in [5, 5.41) is 0. The average molecular weight is 335 g/mol. The molecule has 0 heterocycles. The summed E-state index contributed by atoms with van der Waals surface area (Å²) in [6.45, 7) is 1.62. The quantitative estimate of drug-likeness (QED) is 0.722. The van der Waals surface area contributed by atoms with Crippen molar-refractivity contribution in [3.05, 3.63) is 29.8 Å². The Morgan fingerprint density at radius 2 is 1.67 bits per heavy atom. The van der Waals surface area contributed by atoms with Crippen LogP contribution in [0.2, 0.25) is 0 Å². The number of hydrogen-bond acceptors (Lipinski definition) is 5. The number of hydrogen-bond donors (Lipinski definition) is 2. The van der Waals surface area contributed by atoms with Crippen LogP contribution in [0.5, 0.6) is 0 Å². The Morgan fingerprint density at radius 3 is 2.10 bits per heavy atom. The lowest BCUT2D eigenvalue weighted by Crippen LogP contribution is -2.33. The van der Waals surface area contributed by atoms with Crippen molar-refractivity contribution < 1.29 is 16.8 Å². The average Bonchev–Trinajstić information content (AvgIpc) is 2.38. The van der Waals surface area contributed by atoms with Crippen molar-refractivity contribution in [2.24, 2.45) is 5.73 Å². The zero-order valence-corrected chi connectivity index (χ0v) is 13.9. The molecule has 1 aromatic rings. The van der Waals surface area contributed by atoms with Gasteiger partial charge in [-0.05, 0) is 24.6 Å². The highest BCUT2D eigenvalue weighted by Gasteiger charge is 2.17. The van der Waals surface area contributed by atoms with Crippen molar-refractivity contribution in [3.8, 4) is 0 Å². The minimum Gasteiger partial charge on any atom is -0.324 e. The molecule has 0 saturated carbocycles. The van der Waals surface area contributed by atoms with Crippen LogP contribution in [0.15, 0.2) is 29.2 Å². The van der Waals surface area contributed by atoms with Crippen molar-refractivity contribution in [3.63, 3.8) is 0 Å². The third-order valence-electron chi connectivity index (χ3n) is 2.92. The molecule has 1 atom stereocenters. The van der Waals surface area contributed by atoms with Gasteiger partial charge >= 0.3 is 0 Å². The fraction of sp³-hybridized carbons (Fsp3) is 0.500. The van der Waals surface area contributed by atoms with Crippen molar-refractivity contribution in [2.45, 2.75) is 17.9 Å². The van der Waals surface area contributed by atoms with Crippen LogP contribution >= 0.6 is 0 Å². The number of rotatable bonds is 7. The summed E-state index contributed by atoms with van der Waals surface area (Å²) >= 11 is 0. The van der Waals surface area contributed by atoms with Gasteiger partial charge in [-0.1, -0.05) is 12.1 Å². The van der Waals surface area contributed by atoms with E-state index in [-0.39, 0.29) is 23.2 Å². The Kier molecular flexibility index (Phi) is 5.88. The molecular weight excluding hydrogens is 314 g/mol. The van der Waals surface area contributed by atoms with E-state index in [0.717, 1.165) is 9.87 Å². The molecule has 0 aliphatic rings. The normalized spacial score (nSPS) is 14.3. The lowest BCUT2D eigenvalue weighted by Gasteiger charge is -2.12. The van der Waals surface area contributed by atoms with Gasteiger partial charge in [0.05, 0.1) is 10.6 Å². The maximum Gasteiger partial charge on any atom is 0.240 e. The molecule has 0 saturated heterocycles. The molecule has 7 nitrogen and oxygen atoms in total. The molecule has 0 aliphatic carbocycles. The molecule has 0 aliphatic heterocycles. The first kappa shape index (κ1) is 18.1. The molecule has 3 N–H and O–H groups in total. The van der Waals surface area contributed by atoms with Gasteiger partial charge in [0.1, 0.15) is 0 Å². The number of nitrogens with one attached hydrogen (secondary N) is 1. The molecule has 1 aromatic carbocycles. The SMILES string of the molecule is CC(N)c1ccc(S(=O)(=O)NCCS(=O)(=O)N(C)C)cc1. The third kappa shape index (κ3) is 5.04. The first-order valence-electron chi connectivity index (χ1n) is 6.31. The van der Waals surface area contributed by atoms with Gasteiger partial charge in [-0.2, -0.15) is 0 Å². The smallest absolute Gasteiger partial charge is 0.240 e. The Morgan fingerprint density at radius 1 is 1.14 bits per heavy atom.